The molecule has 0 saturated carbocycles. The largest absolute Gasteiger partial charge is 0.508 e. The van der Waals surface area contributed by atoms with E-state index in [-0.39, 0.29) is 0 Å². The van der Waals surface area contributed by atoms with Crippen LogP contribution in [-0.4, -0.2) is 5.11 Å². The summed E-state index contributed by atoms with van der Waals surface area (Å²) >= 11 is 0. The summed E-state index contributed by atoms with van der Waals surface area (Å²) in [5, 5.41) is 15.1. The van der Waals surface area contributed by atoms with Crippen LogP contribution in [0.3, 0.4) is 0 Å². The third-order valence-electron chi connectivity index (χ3n) is 5.55. The maximum atomic E-state index is 10.0. The second-order valence-electron chi connectivity index (χ2n) is 7.09. The van der Waals surface area contributed by atoms with Crippen molar-refractivity contribution >= 4 is 21.5 Å². The Labute approximate surface area is 147 Å². The van der Waals surface area contributed by atoms with E-state index in [4.69, 9.17) is 0 Å². The van der Waals surface area contributed by atoms with E-state index in [1.165, 1.54) is 43.8 Å². The van der Waals surface area contributed by atoms with Gasteiger partial charge < -0.3 is 5.11 Å². The normalized spacial score (nSPS) is 13.9. The molecule has 0 saturated heterocycles. The van der Waals surface area contributed by atoms with Crippen LogP contribution in [-0.2, 0) is 25.7 Å². The second-order valence-corrected chi connectivity index (χ2v) is 7.09. The van der Waals surface area contributed by atoms with Crippen molar-refractivity contribution in [2.75, 3.05) is 0 Å². The Morgan fingerprint density at radius 1 is 0.560 bits per heavy atom. The predicted molar refractivity (Wildman–Crippen MR) is 104 cm³/mol. The molecule has 8 rings (SSSR count). The fourth-order valence-electron chi connectivity index (χ4n) is 4.15. The number of aromatic hydroxyl groups is 1. The molecule has 4 bridgehead atoms. The Balaban J connectivity index is 1.81. The summed E-state index contributed by atoms with van der Waals surface area (Å²) in [4.78, 5) is 0. The number of hydrogen-bond donors (Lipinski definition) is 1. The highest BCUT2D eigenvalue weighted by molar-refractivity contribution is 6.10. The summed E-state index contributed by atoms with van der Waals surface area (Å²) in [6.45, 7) is 0. The number of hydrogen-bond acceptors (Lipinski definition) is 1. The van der Waals surface area contributed by atoms with Gasteiger partial charge in [-0.3, -0.25) is 0 Å². The fourth-order valence-corrected chi connectivity index (χ4v) is 4.15. The smallest absolute Gasteiger partial charge is 0.116 e. The van der Waals surface area contributed by atoms with Gasteiger partial charge in [0, 0.05) is 0 Å². The average Bonchev–Trinajstić information content (AvgIpc) is 2.63. The van der Waals surface area contributed by atoms with Crippen LogP contribution in [0.5, 0.6) is 5.75 Å². The Kier molecular flexibility index (Phi) is 3.27. The van der Waals surface area contributed by atoms with Crippen LogP contribution < -0.4 is 0 Å². The third-order valence-corrected chi connectivity index (χ3v) is 5.55. The van der Waals surface area contributed by atoms with Crippen LogP contribution in [0.15, 0.2) is 66.7 Å². The molecule has 0 aliphatic heterocycles. The molecule has 4 aliphatic rings. The Morgan fingerprint density at radius 2 is 1.20 bits per heavy atom. The first-order chi connectivity index (χ1) is 12.3. The van der Waals surface area contributed by atoms with Crippen LogP contribution in [0, 0.1) is 0 Å². The van der Waals surface area contributed by atoms with E-state index in [1.54, 1.807) is 6.07 Å². The fraction of sp³-hybridized carbons (Fsp3) is 0.167. The Hall–Kier alpha value is -2.80. The highest BCUT2D eigenvalue weighted by atomic mass is 16.3. The minimum Gasteiger partial charge on any atom is -0.508 e. The van der Waals surface area contributed by atoms with E-state index in [9.17, 15) is 5.11 Å². The molecule has 1 nitrogen and oxygen atoms in total. The lowest BCUT2D eigenvalue weighted by Gasteiger charge is -2.16. The molecule has 25 heavy (non-hydrogen) atoms. The molecule has 0 amide bonds. The molecule has 0 heterocycles. The van der Waals surface area contributed by atoms with Gasteiger partial charge in [0.25, 0.3) is 0 Å². The van der Waals surface area contributed by atoms with Gasteiger partial charge in [-0.2, -0.15) is 0 Å². The number of phenolic OH excluding ortho intramolecular Hbond substituents is 1. The first-order valence-corrected chi connectivity index (χ1v) is 9.02. The first-order valence-electron chi connectivity index (χ1n) is 9.02. The molecule has 4 aromatic rings. The zero-order valence-electron chi connectivity index (χ0n) is 14.1. The summed E-state index contributed by atoms with van der Waals surface area (Å²) < 4.78 is 0. The molecule has 0 radical (unpaired) electrons. The van der Waals surface area contributed by atoms with E-state index in [0.717, 1.165) is 25.7 Å². The molecule has 1 N–H and O–H groups in total. The van der Waals surface area contributed by atoms with E-state index in [2.05, 4.69) is 48.5 Å². The minimum absolute atomic E-state index is 0.340. The molecule has 0 unspecified atom stereocenters. The molecule has 4 aromatic carbocycles. The van der Waals surface area contributed by atoms with Gasteiger partial charge in [-0.15, -0.1) is 0 Å². The van der Waals surface area contributed by atoms with Crippen molar-refractivity contribution in [3.8, 4) is 5.75 Å². The molecule has 0 spiro atoms. The predicted octanol–water partition coefficient (Wildman–Crippen LogP) is 5.58. The van der Waals surface area contributed by atoms with Crippen LogP contribution in [0.1, 0.15) is 22.3 Å². The lowest BCUT2D eigenvalue weighted by molar-refractivity contribution is 0.476. The molecule has 4 aliphatic carbocycles. The maximum Gasteiger partial charge on any atom is 0.116 e. The van der Waals surface area contributed by atoms with Crippen molar-refractivity contribution in [2.45, 2.75) is 25.7 Å². The lowest BCUT2D eigenvalue weighted by atomic mass is 9.89. The molecule has 0 fully saturated rings. The van der Waals surface area contributed by atoms with Gasteiger partial charge in [0.05, 0.1) is 0 Å². The van der Waals surface area contributed by atoms with Crippen LogP contribution >= 0.6 is 0 Å². The summed E-state index contributed by atoms with van der Waals surface area (Å²) in [7, 11) is 0. The van der Waals surface area contributed by atoms with E-state index < -0.39 is 0 Å². The molecule has 1 heteroatoms. The van der Waals surface area contributed by atoms with Gasteiger partial charge in [-0.1, -0.05) is 54.6 Å². The van der Waals surface area contributed by atoms with Gasteiger partial charge in [0.1, 0.15) is 5.75 Å². The zero-order chi connectivity index (χ0) is 16.8. The summed E-state index contributed by atoms with van der Waals surface area (Å²) in [6.07, 6.45) is 4.17. The summed E-state index contributed by atoms with van der Waals surface area (Å²) in [5.74, 6) is 0.340. The van der Waals surface area contributed by atoms with Crippen molar-refractivity contribution in [2.24, 2.45) is 0 Å². The average molecular weight is 324 g/mol. The van der Waals surface area contributed by atoms with Crippen LogP contribution in [0.4, 0.5) is 0 Å². The van der Waals surface area contributed by atoms with Crippen molar-refractivity contribution in [1.82, 2.24) is 0 Å². The molecular formula is C24H20O. The first kappa shape index (κ1) is 14.5. The number of fused-ring (bicyclic) bond motifs is 1. The van der Waals surface area contributed by atoms with Gasteiger partial charge in [0.2, 0.25) is 0 Å². The number of benzene rings is 4. The van der Waals surface area contributed by atoms with Crippen molar-refractivity contribution in [1.29, 1.82) is 0 Å². The van der Waals surface area contributed by atoms with Gasteiger partial charge in [0.15, 0.2) is 0 Å². The topological polar surface area (TPSA) is 20.2 Å². The van der Waals surface area contributed by atoms with Gasteiger partial charge in [-0.05, 0) is 81.6 Å². The van der Waals surface area contributed by atoms with Gasteiger partial charge in [-0.25, -0.2) is 0 Å². The third kappa shape index (κ3) is 2.47. The lowest BCUT2D eigenvalue weighted by Crippen LogP contribution is -2.00. The summed E-state index contributed by atoms with van der Waals surface area (Å²) in [5.41, 5.74) is 5.57. The molecule has 122 valence electrons. The van der Waals surface area contributed by atoms with Crippen molar-refractivity contribution in [3.63, 3.8) is 0 Å². The SMILES string of the molecule is Oc1ccc2ccc3c4ccc(c3c2c1)CCc1ccc(cc1)CC4. The zero-order valence-corrected chi connectivity index (χ0v) is 14.1. The molecular weight excluding hydrogens is 304 g/mol. The Morgan fingerprint density at radius 3 is 1.96 bits per heavy atom. The van der Waals surface area contributed by atoms with Crippen molar-refractivity contribution < 1.29 is 5.11 Å². The van der Waals surface area contributed by atoms with E-state index >= 15 is 0 Å². The number of aryl methyl sites for hydroxylation is 4. The number of phenols is 1. The molecule has 0 aromatic heterocycles. The summed E-state index contributed by atoms with van der Waals surface area (Å²) in [6, 6.07) is 23.9. The minimum atomic E-state index is 0.340. The van der Waals surface area contributed by atoms with Gasteiger partial charge >= 0.3 is 0 Å². The highest BCUT2D eigenvalue weighted by Crippen LogP contribution is 2.34. The van der Waals surface area contributed by atoms with E-state index in [0.29, 0.717) is 5.75 Å². The monoisotopic (exact) mass is 324 g/mol. The Bertz CT molecular complexity index is 1090. The van der Waals surface area contributed by atoms with Crippen molar-refractivity contribution in [3.05, 3.63) is 89.0 Å². The van der Waals surface area contributed by atoms with Crippen LogP contribution in [0.2, 0.25) is 0 Å². The number of rotatable bonds is 0. The second kappa shape index (κ2) is 5.63. The molecule has 0 atom stereocenters. The van der Waals surface area contributed by atoms with Crippen LogP contribution in [0.25, 0.3) is 21.5 Å². The quantitative estimate of drug-likeness (QED) is 0.418. The maximum absolute atomic E-state index is 10.0. The van der Waals surface area contributed by atoms with E-state index in [1.807, 2.05) is 12.1 Å². The standard InChI is InChI=1S/C24H20O/c25-21-13-11-19-12-14-22-18-7-5-16-1-3-17(4-2-16)6-8-20(10-9-18)24(22)23(19)15-21/h1-4,9-15,25H,5-8H2. The highest BCUT2D eigenvalue weighted by Gasteiger charge is 2.12.